The summed E-state index contributed by atoms with van der Waals surface area (Å²) in [4.78, 5) is 26.1. The van der Waals surface area contributed by atoms with Gasteiger partial charge in [-0.25, -0.2) is 0 Å². The number of hydrogen-bond donors (Lipinski definition) is 1. The Morgan fingerprint density at radius 1 is 1.03 bits per heavy atom. The molecule has 1 unspecified atom stereocenters. The molecule has 6 nitrogen and oxygen atoms in total. The highest BCUT2D eigenvalue weighted by Gasteiger charge is 2.35. The van der Waals surface area contributed by atoms with Crippen molar-refractivity contribution in [2.75, 3.05) is 26.2 Å². The molecule has 1 N–H and O–H groups in total. The minimum atomic E-state index is -0.217. The van der Waals surface area contributed by atoms with Crippen LogP contribution in [0.15, 0.2) is 72.9 Å². The Labute approximate surface area is 192 Å². The highest BCUT2D eigenvalue weighted by molar-refractivity contribution is 5.87. The number of hydrogen-bond acceptors (Lipinski definition) is 4. The number of nitrogens with one attached hydrogen (secondary N) is 1. The maximum atomic E-state index is 13.7. The normalized spacial score (nSPS) is 18.3. The molecule has 0 aliphatic carbocycles. The van der Waals surface area contributed by atoms with E-state index >= 15 is 0 Å². The van der Waals surface area contributed by atoms with Crippen molar-refractivity contribution >= 4 is 16.8 Å². The lowest BCUT2D eigenvalue weighted by Crippen LogP contribution is -2.46. The van der Waals surface area contributed by atoms with Gasteiger partial charge < -0.3 is 14.6 Å². The monoisotopic (exact) mass is 438 g/mol. The van der Waals surface area contributed by atoms with Gasteiger partial charge in [-0.1, -0.05) is 42.5 Å². The Morgan fingerprint density at radius 3 is 2.79 bits per heavy atom. The highest BCUT2D eigenvalue weighted by Crippen LogP contribution is 2.37. The quantitative estimate of drug-likeness (QED) is 0.527. The number of benzene rings is 2. The Kier molecular flexibility index (Phi) is 5.07. The van der Waals surface area contributed by atoms with E-state index in [2.05, 4.69) is 39.1 Å². The summed E-state index contributed by atoms with van der Waals surface area (Å²) in [5, 5.41) is 1.24. The molecule has 0 radical (unpaired) electrons. The molecule has 0 bridgehead atoms. The fourth-order valence-electron chi connectivity index (χ4n) is 5.15. The number of para-hydroxylation sites is 2. The van der Waals surface area contributed by atoms with Gasteiger partial charge in [-0.2, -0.15) is 0 Å². The molecule has 6 rings (SSSR count). The van der Waals surface area contributed by atoms with Crippen molar-refractivity contribution in [1.29, 1.82) is 0 Å². The summed E-state index contributed by atoms with van der Waals surface area (Å²) in [5.74, 6) is 1.04. The van der Waals surface area contributed by atoms with E-state index in [4.69, 9.17) is 4.74 Å². The van der Waals surface area contributed by atoms with E-state index in [1.54, 1.807) is 6.20 Å². The summed E-state index contributed by atoms with van der Waals surface area (Å²) in [6.45, 7) is 3.05. The van der Waals surface area contributed by atoms with Gasteiger partial charge in [0.2, 0.25) is 5.91 Å². The number of aromatic amines is 1. The van der Waals surface area contributed by atoms with Gasteiger partial charge in [0.25, 0.3) is 0 Å². The van der Waals surface area contributed by atoms with E-state index in [0.717, 1.165) is 41.2 Å². The van der Waals surface area contributed by atoms with Crippen molar-refractivity contribution in [1.82, 2.24) is 19.8 Å². The molecule has 0 spiro atoms. The lowest BCUT2D eigenvalue weighted by molar-refractivity contribution is -0.134. The van der Waals surface area contributed by atoms with Gasteiger partial charge in [-0.15, -0.1) is 0 Å². The second kappa shape index (κ2) is 8.37. The van der Waals surface area contributed by atoms with Gasteiger partial charge >= 0.3 is 0 Å². The smallest absolute Gasteiger partial charge is 0.237 e. The topological polar surface area (TPSA) is 61.5 Å². The summed E-state index contributed by atoms with van der Waals surface area (Å²) in [5.41, 5.74) is 5.50. The molecule has 2 aromatic heterocycles. The van der Waals surface area contributed by atoms with Crippen molar-refractivity contribution in [3.63, 3.8) is 0 Å². The number of rotatable bonds is 3. The minimum Gasteiger partial charge on any atom is -0.492 e. The van der Waals surface area contributed by atoms with Crippen LogP contribution in [0.2, 0.25) is 0 Å². The van der Waals surface area contributed by atoms with Crippen LogP contribution in [-0.2, 0) is 17.8 Å². The first kappa shape index (κ1) is 20.0. The lowest BCUT2D eigenvalue weighted by Gasteiger charge is -2.36. The van der Waals surface area contributed by atoms with Gasteiger partial charge in [-0.05, 0) is 36.2 Å². The molecule has 0 saturated carbocycles. The summed E-state index contributed by atoms with van der Waals surface area (Å²) >= 11 is 0. The second-order valence-corrected chi connectivity index (χ2v) is 8.72. The maximum absolute atomic E-state index is 13.7. The van der Waals surface area contributed by atoms with Crippen molar-refractivity contribution in [3.05, 3.63) is 95.4 Å². The maximum Gasteiger partial charge on any atom is 0.237 e. The molecule has 1 atom stereocenters. The zero-order valence-electron chi connectivity index (χ0n) is 18.4. The fourth-order valence-corrected chi connectivity index (χ4v) is 5.15. The SMILES string of the molecule is O=C(CN1CCOc2ccccc2C1)N1CCc2c([nH]c3ccccc23)C1c1ccccn1. The Bertz CT molecular complexity index is 1300. The number of carbonyl (C=O) groups is 1. The van der Waals surface area contributed by atoms with Crippen LogP contribution in [0.5, 0.6) is 5.75 Å². The molecule has 0 fully saturated rings. The molecule has 166 valence electrons. The number of H-pyrrole nitrogens is 1. The summed E-state index contributed by atoms with van der Waals surface area (Å²) < 4.78 is 5.89. The largest absolute Gasteiger partial charge is 0.492 e. The molecule has 33 heavy (non-hydrogen) atoms. The van der Waals surface area contributed by atoms with E-state index in [1.807, 2.05) is 47.4 Å². The molecular formula is C27H26N4O2. The number of aromatic nitrogens is 2. The fraction of sp³-hybridized carbons (Fsp3) is 0.259. The molecule has 6 heteroatoms. The highest BCUT2D eigenvalue weighted by atomic mass is 16.5. The van der Waals surface area contributed by atoms with Gasteiger partial charge in [0.05, 0.1) is 12.2 Å². The number of nitrogens with zero attached hydrogens (tertiary/aromatic N) is 3. The first-order valence-corrected chi connectivity index (χ1v) is 11.5. The first-order chi connectivity index (χ1) is 16.3. The van der Waals surface area contributed by atoms with E-state index < -0.39 is 0 Å². The third-order valence-corrected chi connectivity index (χ3v) is 6.71. The Morgan fingerprint density at radius 2 is 1.88 bits per heavy atom. The van der Waals surface area contributed by atoms with Crippen LogP contribution >= 0.6 is 0 Å². The Balaban J connectivity index is 1.32. The van der Waals surface area contributed by atoms with Gasteiger partial charge in [0.1, 0.15) is 18.4 Å². The third-order valence-electron chi connectivity index (χ3n) is 6.71. The van der Waals surface area contributed by atoms with Gasteiger partial charge in [-0.3, -0.25) is 14.7 Å². The molecule has 2 aliphatic heterocycles. The van der Waals surface area contributed by atoms with Crippen LogP contribution in [0.4, 0.5) is 0 Å². The summed E-state index contributed by atoms with van der Waals surface area (Å²) in [7, 11) is 0. The molecule has 2 aromatic carbocycles. The van der Waals surface area contributed by atoms with Crippen molar-refractivity contribution in [2.24, 2.45) is 0 Å². The van der Waals surface area contributed by atoms with Crippen LogP contribution in [0.25, 0.3) is 10.9 Å². The number of carbonyl (C=O) groups excluding carboxylic acids is 1. The number of ether oxygens (including phenoxy) is 1. The molecular weight excluding hydrogens is 412 g/mol. The Hall–Kier alpha value is -3.64. The molecule has 2 aliphatic rings. The minimum absolute atomic E-state index is 0.120. The third kappa shape index (κ3) is 3.66. The predicted molar refractivity (Wildman–Crippen MR) is 127 cm³/mol. The van der Waals surface area contributed by atoms with Crippen molar-refractivity contribution in [3.8, 4) is 5.75 Å². The number of pyridine rings is 1. The molecule has 4 heterocycles. The van der Waals surface area contributed by atoms with Crippen molar-refractivity contribution < 1.29 is 9.53 Å². The van der Waals surface area contributed by atoms with E-state index in [0.29, 0.717) is 26.2 Å². The van der Waals surface area contributed by atoms with Crippen LogP contribution < -0.4 is 4.74 Å². The number of fused-ring (bicyclic) bond motifs is 4. The standard InChI is InChI=1S/C27H26N4O2/c32-25(18-30-15-16-33-24-11-4-1-7-19(24)17-30)31-14-12-21-20-8-2-3-9-22(20)29-26(21)27(31)23-10-5-6-13-28-23/h1-11,13,27,29H,12,14-18H2. The van der Waals surface area contributed by atoms with E-state index in [-0.39, 0.29) is 11.9 Å². The lowest BCUT2D eigenvalue weighted by atomic mass is 9.94. The average Bonchev–Trinajstić information content (AvgIpc) is 3.11. The molecule has 4 aromatic rings. The van der Waals surface area contributed by atoms with Crippen LogP contribution in [-0.4, -0.2) is 51.9 Å². The average molecular weight is 439 g/mol. The zero-order chi connectivity index (χ0) is 22.2. The second-order valence-electron chi connectivity index (χ2n) is 8.72. The van der Waals surface area contributed by atoms with Crippen LogP contribution in [0.1, 0.15) is 28.6 Å². The molecule has 0 saturated heterocycles. The van der Waals surface area contributed by atoms with Gasteiger partial charge in [0, 0.05) is 48.0 Å². The van der Waals surface area contributed by atoms with Crippen LogP contribution in [0.3, 0.4) is 0 Å². The zero-order valence-corrected chi connectivity index (χ0v) is 18.4. The number of amides is 1. The molecule has 1 amide bonds. The predicted octanol–water partition coefficient (Wildman–Crippen LogP) is 3.93. The van der Waals surface area contributed by atoms with Gasteiger partial charge in [0.15, 0.2) is 0 Å². The van der Waals surface area contributed by atoms with Crippen LogP contribution in [0, 0.1) is 0 Å². The first-order valence-electron chi connectivity index (χ1n) is 11.5. The van der Waals surface area contributed by atoms with E-state index in [1.165, 1.54) is 10.9 Å². The summed E-state index contributed by atoms with van der Waals surface area (Å²) in [6, 6.07) is 22.2. The van der Waals surface area contributed by atoms with E-state index in [9.17, 15) is 4.79 Å². The van der Waals surface area contributed by atoms with Crippen molar-refractivity contribution in [2.45, 2.75) is 19.0 Å². The summed E-state index contributed by atoms with van der Waals surface area (Å²) in [6.07, 6.45) is 2.64.